The van der Waals surface area contributed by atoms with Crippen molar-refractivity contribution in [1.29, 1.82) is 0 Å². The van der Waals surface area contributed by atoms with Crippen LogP contribution in [0.3, 0.4) is 0 Å². The molecule has 8 nitrogen and oxygen atoms in total. The van der Waals surface area contributed by atoms with E-state index in [-0.39, 0.29) is 35.5 Å². The molecule has 10 heteroatoms. The van der Waals surface area contributed by atoms with Crippen LogP contribution in [0.15, 0.2) is 24.3 Å². The molecule has 4 atom stereocenters. The number of hydrogen-bond acceptors (Lipinski definition) is 7. The summed E-state index contributed by atoms with van der Waals surface area (Å²) in [6.45, 7) is 9.16. The molecule has 0 bridgehead atoms. The predicted octanol–water partition coefficient (Wildman–Crippen LogP) is -1.82. The molecular weight excluding hydrogens is 443 g/mol. The molecule has 0 aliphatic carbocycles. The predicted molar refractivity (Wildman–Crippen MR) is 115 cm³/mol. The number of carboxylic acid groups (broad SMARTS) is 1. The zero-order valence-corrected chi connectivity index (χ0v) is 22.4. The molecule has 0 radical (unpaired) electrons. The molecule has 2 amide bonds. The molecule has 170 valence electrons. The van der Waals surface area contributed by atoms with Crippen molar-refractivity contribution >= 4 is 29.5 Å². The minimum absolute atomic E-state index is 0. The number of nitrogens with zero attached hydrogens (tertiary/aromatic N) is 1. The van der Waals surface area contributed by atoms with Crippen LogP contribution in [-0.2, 0) is 14.4 Å². The van der Waals surface area contributed by atoms with E-state index in [1.54, 1.807) is 45.0 Å². The number of thioether (sulfide) groups is 1. The molecule has 2 aliphatic rings. The maximum Gasteiger partial charge on any atom is 1.00 e. The number of carbonyl (C=O) groups is 3. The molecule has 0 spiro atoms. The quantitative estimate of drug-likeness (QED) is 0.351. The van der Waals surface area contributed by atoms with Crippen molar-refractivity contribution in [3.8, 4) is 11.5 Å². The fraction of sp³-hybridized carbons (Fsp3) is 0.591. The van der Waals surface area contributed by atoms with Gasteiger partial charge in [0.2, 0.25) is 5.91 Å². The van der Waals surface area contributed by atoms with Crippen LogP contribution in [0.25, 0.3) is 0 Å². The Bertz CT molecular complexity index is 895. The van der Waals surface area contributed by atoms with E-state index in [2.05, 4.69) is 5.32 Å². The number of amides is 2. The maximum atomic E-state index is 13.3. The Morgan fingerprint density at radius 2 is 1.88 bits per heavy atom. The van der Waals surface area contributed by atoms with E-state index in [0.717, 1.165) is 0 Å². The third-order valence-corrected chi connectivity index (χ3v) is 7.20. The Labute approximate surface area is 215 Å². The second-order valence-electron chi connectivity index (χ2n) is 9.11. The molecule has 1 N–H and O–H groups in total. The molecule has 1 unspecified atom stereocenters. The average Bonchev–Trinajstić information content (AvgIpc) is 2.93. The Balaban J connectivity index is 0.00000363. The molecule has 0 saturated carbocycles. The second-order valence-corrected chi connectivity index (χ2v) is 10.9. The fourth-order valence-corrected chi connectivity index (χ4v) is 5.95. The Hall–Kier alpha value is -1.42. The van der Waals surface area contributed by atoms with Crippen LogP contribution in [0.5, 0.6) is 11.5 Å². The van der Waals surface area contributed by atoms with Crippen molar-refractivity contribution in [3.63, 3.8) is 0 Å². The first-order valence-corrected chi connectivity index (χ1v) is 11.1. The summed E-state index contributed by atoms with van der Waals surface area (Å²) in [4.78, 5) is 39.0. The van der Waals surface area contributed by atoms with E-state index < -0.39 is 45.6 Å². The van der Waals surface area contributed by atoms with E-state index >= 15 is 0 Å². The van der Waals surface area contributed by atoms with Gasteiger partial charge in [-0.25, -0.2) is 0 Å². The van der Waals surface area contributed by atoms with Gasteiger partial charge in [0.15, 0.2) is 17.1 Å². The molecule has 32 heavy (non-hydrogen) atoms. The first kappa shape index (κ1) is 26.8. The zero-order chi connectivity index (χ0) is 23.1. The van der Waals surface area contributed by atoms with Crippen molar-refractivity contribution in [2.24, 2.45) is 5.92 Å². The number of β-lactam (4-membered cyclic amide) rings is 1. The van der Waals surface area contributed by atoms with Gasteiger partial charge in [0.05, 0.1) is 19.1 Å². The summed E-state index contributed by atoms with van der Waals surface area (Å²) in [5.74, 6) is -1.07. The summed E-state index contributed by atoms with van der Waals surface area (Å²) in [6, 6.07) is 5.22. The number of para-hydroxylation sites is 2. The summed E-state index contributed by atoms with van der Waals surface area (Å²) in [5.41, 5.74) is -1.25. The molecule has 1 aromatic carbocycles. The van der Waals surface area contributed by atoms with E-state index in [0.29, 0.717) is 17.9 Å². The molecule has 0 aromatic heterocycles. The van der Waals surface area contributed by atoms with Crippen LogP contribution in [0, 0.1) is 5.92 Å². The van der Waals surface area contributed by atoms with Crippen molar-refractivity contribution in [1.82, 2.24) is 10.2 Å². The SMILES string of the molecule is COc1ccccc1OC(C)(CC(C)C)C(=O)N[C@@H]1C(=O)N2[C@@H]1SC(C)(C)[C@@H]2C(=O)[O-].[Na+]. The first-order valence-electron chi connectivity index (χ1n) is 10.2. The van der Waals surface area contributed by atoms with Gasteiger partial charge < -0.3 is 29.6 Å². The van der Waals surface area contributed by atoms with Gasteiger partial charge >= 0.3 is 29.6 Å². The number of methoxy groups -OCH3 is 1. The standard InChI is InChI=1S/C22H30N2O6S.Na/c1-12(2)11-22(5,30-14-10-8-7-9-13(14)29-6)20(28)23-15-17(25)24-16(19(26)27)21(3,4)31-18(15)24;/h7-10,12,15-16,18H,11H2,1-6H3,(H,23,28)(H,26,27);/q;+1/p-1/t15-,16+,18-,22?;/m1./s1. The molecule has 2 fully saturated rings. The van der Waals surface area contributed by atoms with Crippen LogP contribution < -0.4 is 49.5 Å². The van der Waals surface area contributed by atoms with Gasteiger partial charge in [-0.3, -0.25) is 9.59 Å². The van der Waals surface area contributed by atoms with Crippen molar-refractivity contribution in [2.45, 2.75) is 68.8 Å². The molecular formula is C22H29N2NaO6S. The molecule has 3 rings (SSSR count). The van der Waals surface area contributed by atoms with E-state index in [9.17, 15) is 19.5 Å². The van der Waals surface area contributed by atoms with E-state index in [1.807, 2.05) is 13.8 Å². The first-order chi connectivity index (χ1) is 14.4. The number of carboxylic acids is 1. The number of benzene rings is 1. The Morgan fingerprint density at radius 1 is 1.28 bits per heavy atom. The van der Waals surface area contributed by atoms with Gasteiger partial charge in [-0.05, 0) is 45.2 Å². The van der Waals surface area contributed by atoms with Crippen LogP contribution >= 0.6 is 11.8 Å². The third-order valence-electron chi connectivity index (χ3n) is 5.63. The summed E-state index contributed by atoms with van der Waals surface area (Å²) in [7, 11) is 1.52. The van der Waals surface area contributed by atoms with E-state index in [1.165, 1.54) is 23.8 Å². The van der Waals surface area contributed by atoms with Gasteiger partial charge in [-0.2, -0.15) is 0 Å². The summed E-state index contributed by atoms with van der Waals surface area (Å²) in [5, 5.41) is 13.9. The van der Waals surface area contributed by atoms with Crippen LogP contribution in [0.4, 0.5) is 0 Å². The average molecular weight is 473 g/mol. The summed E-state index contributed by atoms with van der Waals surface area (Å²) < 4.78 is 10.8. The normalized spacial score (nSPS) is 25.2. The van der Waals surface area contributed by atoms with Crippen LogP contribution in [-0.4, -0.2) is 57.6 Å². The van der Waals surface area contributed by atoms with Gasteiger partial charge in [0.1, 0.15) is 11.4 Å². The van der Waals surface area contributed by atoms with Gasteiger partial charge in [0.25, 0.3) is 5.91 Å². The fourth-order valence-electron chi connectivity index (χ4n) is 4.33. The van der Waals surface area contributed by atoms with Crippen molar-refractivity contribution in [3.05, 3.63) is 24.3 Å². The van der Waals surface area contributed by atoms with Crippen molar-refractivity contribution < 1.29 is 58.5 Å². The number of rotatable bonds is 8. The van der Waals surface area contributed by atoms with Gasteiger partial charge in [0, 0.05) is 4.75 Å². The monoisotopic (exact) mass is 472 g/mol. The molecule has 2 aliphatic heterocycles. The van der Waals surface area contributed by atoms with E-state index in [4.69, 9.17) is 9.47 Å². The number of carbonyl (C=O) groups excluding carboxylic acids is 3. The topological polar surface area (TPSA) is 108 Å². The van der Waals surface area contributed by atoms with Gasteiger partial charge in [-0.1, -0.05) is 26.0 Å². The molecule has 2 saturated heterocycles. The number of fused-ring (bicyclic) bond motifs is 1. The molecule has 2 heterocycles. The largest absolute Gasteiger partial charge is 1.00 e. The number of nitrogens with one attached hydrogen (secondary N) is 1. The Kier molecular flexibility index (Phi) is 8.24. The zero-order valence-electron chi connectivity index (χ0n) is 19.6. The number of hydrogen-bond donors (Lipinski definition) is 1. The third kappa shape index (κ3) is 4.90. The van der Waals surface area contributed by atoms with Crippen LogP contribution in [0.2, 0.25) is 0 Å². The number of aliphatic carboxylic acids is 1. The smallest absolute Gasteiger partial charge is 0.548 e. The maximum absolute atomic E-state index is 13.3. The number of ether oxygens (including phenoxy) is 2. The van der Waals surface area contributed by atoms with Crippen LogP contribution in [0.1, 0.15) is 41.0 Å². The second kappa shape index (κ2) is 9.83. The molecule has 1 aromatic rings. The summed E-state index contributed by atoms with van der Waals surface area (Å²) >= 11 is 1.35. The minimum Gasteiger partial charge on any atom is -0.548 e. The van der Waals surface area contributed by atoms with Gasteiger partial charge in [-0.15, -0.1) is 11.8 Å². The minimum atomic E-state index is -1.29. The Morgan fingerprint density at radius 3 is 2.41 bits per heavy atom. The van der Waals surface area contributed by atoms with Crippen molar-refractivity contribution in [2.75, 3.05) is 7.11 Å². The summed E-state index contributed by atoms with van der Waals surface area (Å²) in [6.07, 6.45) is 0.409.